The van der Waals surface area contributed by atoms with Gasteiger partial charge in [-0.2, -0.15) is 0 Å². The molecule has 2 N–H and O–H groups in total. The van der Waals surface area contributed by atoms with E-state index >= 15 is 0 Å². The van der Waals surface area contributed by atoms with Gasteiger partial charge in [0.25, 0.3) is 0 Å². The molecule has 2 aliphatic rings. The summed E-state index contributed by atoms with van der Waals surface area (Å²) in [6.07, 6.45) is 0.755. The summed E-state index contributed by atoms with van der Waals surface area (Å²) in [5, 5.41) is 23.6. The Hall–Kier alpha value is -2.47. The summed E-state index contributed by atoms with van der Waals surface area (Å²) in [4.78, 5) is 2.25. The Morgan fingerprint density at radius 3 is 2.60 bits per heavy atom. The van der Waals surface area contributed by atoms with Gasteiger partial charge in [-0.05, 0) is 53.4 Å². The first kappa shape index (κ1) is 19.5. The SMILES string of the molecule is O[C@@H](CN1CCC2(CC1)C[C@H](O)c1cc(F)ccc1O2)c1ccc2ccccc2c1. The monoisotopic (exact) mass is 407 g/mol. The second-order valence-electron chi connectivity index (χ2n) is 8.61. The van der Waals surface area contributed by atoms with Crippen molar-refractivity contribution in [2.75, 3.05) is 19.6 Å². The number of β-amino-alcohol motifs (C(OH)–C–C–N with tert-alkyl or cyclic N) is 1. The second kappa shape index (κ2) is 7.65. The average Bonchev–Trinajstić information content (AvgIpc) is 2.76. The van der Waals surface area contributed by atoms with E-state index in [1.54, 1.807) is 6.07 Å². The highest BCUT2D eigenvalue weighted by molar-refractivity contribution is 5.83. The fourth-order valence-corrected chi connectivity index (χ4v) is 4.82. The number of halogens is 1. The molecular weight excluding hydrogens is 381 g/mol. The van der Waals surface area contributed by atoms with Crippen molar-refractivity contribution in [2.24, 2.45) is 0 Å². The highest BCUT2D eigenvalue weighted by Crippen LogP contribution is 2.44. The molecule has 1 fully saturated rings. The van der Waals surface area contributed by atoms with Crippen LogP contribution in [-0.4, -0.2) is 40.3 Å². The molecule has 156 valence electrons. The minimum atomic E-state index is -0.709. The minimum absolute atomic E-state index is 0.357. The molecule has 30 heavy (non-hydrogen) atoms. The first-order chi connectivity index (χ1) is 14.5. The zero-order valence-corrected chi connectivity index (χ0v) is 16.8. The van der Waals surface area contributed by atoms with Gasteiger partial charge >= 0.3 is 0 Å². The molecule has 2 aliphatic heterocycles. The summed E-state index contributed by atoms with van der Waals surface area (Å²) in [5.74, 6) is 0.227. The van der Waals surface area contributed by atoms with Crippen molar-refractivity contribution in [3.8, 4) is 5.75 Å². The van der Waals surface area contributed by atoms with Crippen LogP contribution in [0.4, 0.5) is 4.39 Å². The third-order valence-corrected chi connectivity index (χ3v) is 6.58. The predicted octanol–water partition coefficient (Wildman–Crippen LogP) is 4.36. The summed E-state index contributed by atoms with van der Waals surface area (Å²) in [7, 11) is 0. The molecule has 2 atom stereocenters. The van der Waals surface area contributed by atoms with Crippen molar-refractivity contribution < 1.29 is 19.3 Å². The maximum Gasteiger partial charge on any atom is 0.126 e. The first-order valence-electron chi connectivity index (χ1n) is 10.6. The highest BCUT2D eigenvalue weighted by atomic mass is 19.1. The Balaban J connectivity index is 1.24. The second-order valence-corrected chi connectivity index (χ2v) is 8.61. The number of benzene rings is 3. The third kappa shape index (κ3) is 3.69. The van der Waals surface area contributed by atoms with E-state index in [4.69, 9.17) is 4.74 Å². The number of piperidine rings is 1. The lowest BCUT2D eigenvalue weighted by atomic mass is 9.81. The van der Waals surface area contributed by atoms with E-state index in [1.807, 2.05) is 18.2 Å². The molecule has 5 rings (SSSR count). The molecule has 0 aromatic heterocycles. The van der Waals surface area contributed by atoms with E-state index in [0.717, 1.165) is 36.9 Å². The van der Waals surface area contributed by atoms with Gasteiger partial charge in [0, 0.05) is 31.6 Å². The number of fused-ring (bicyclic) bond motifs is 2. The molecule has 3 aromatic carbocycles. The molecule has 1 saturated heterocycles. The van der Waals surface area contributed by atoms with Crippen LogP contribution >= 0.6 is 0 Å². The van der Waals surface area contributed by atoms with Crippen LogP contribution in [0.5, 0.6) is 5.75 Å². The van der Waals surface area contributed by atoms with Gasteiger partial charge in [-0.15, -0.1) is 0 Å². The summed E-state index contributed by atoms with van der Waals surface area (Å²) >= 11 is 0. The number of aliphatic hydroxyl groups excluding tert-OH is 2. The van der Waals surface area contributed by atoms with E-state index in [0.29, 0.717) is 24.3 Å². The Morgan fingerprint density at radius 2 is 1.80 bits per heavy atom. The number of hydrogen-bond acceptors (Lipinski definition) is 4. The number of ether oxygens (including phenoxy) is 1. The maximum absolute atomic E-state index is 13.5. The maximum atomic E-state index is 13.5. The smallest absolute Gasteiger partial charge is 0.126 e. The minimum Gasteiger partial charge on any atom is -0.487 e. The van der Waals surface area contributed by atoms with Gasteiger partial charge in [0.1, 0.15) is 17.2 Å². The van der Waals surface area contributed by atoms with Crippen LogP contribution in [0, 0.1) is 5.82 Å². The predicted molar refractivity (Wildman–Crippen MR) is 114 cm³/mol. The van der Waals surface area contributed by atoms with Gasteiger partial charge in [0.15, 0.2) is 0 Å². The lowest BCUT2D eigenvalue weighted by Gasteiger charge is -2.46. The van der Waals surface area contributed by atoms with Crippen molar-refractivity contribution >= 4 is 10.8 Å². The molecular formula is C25H26FNO3. The van der Waals surface area contributed by atoms with Crippen molar-refractivity contribution in [3.63, 3.8) is 0 Å². The Morgan fingerprint density at radius 1 is 1.03 bits per heavy atom. The van der Waals surface area contributed by atoms with Gasteiger partial charge in [-0.3, -0.25) is 0 Å². The highest BCUT2D eigenvalue weighted by Gasteiger charge is 2.43. The third-order valence-electron chi connectivity index (χ3n) is 6.58. The first-order valence-corrected chi connectivity index (χ1v) is 10.6. The van der Waals surface area contributed by atoms with E-state index in [2.05, 4.69) is 29.2 Å². The Bertz CT molecular complexity index is 1060. The molecule has 0 saturated carbocycles. The average molecular weight is 407 g/mol. The summed E-state index contributed by atoms with van der Waals surface area (Å²) in [6, 6.07) is 18.6. The Kier molecular flexibility index (Phi) is 4.97. The molecule has 3 aromatic rings. The van der Waals surface area contributed by atoms with Crippen LogP contribution in [-0.2, 0) is 0 Å². The topological polar surface area (TPSA) is 52.9 Å². The van der Waals surface area contributed by atoms with Crippen LogP contribution in [0.2, 0.25) is 0 Å². The molecule has 0 unspecified atom stereocenters. The number of hydrogen-bond donors (Lipinski definition) is 2. The number of nitrogens with zero attached hydrogens (tertiary/aromatic N) is 1. The largest absolute Gasteiger partial charge is 0.487 e. The quantitative estimate of drug-likeness (QED) is 0.677. The van der Waals surface area contributed by atoms with Crippen LogP contribution in [0.3, 0.4) is 0 Å². The molecule has 4 nitrogen and oxygen atoms in total. The zero-order valence-electron chi connectivity index (χ0n) is 16.8. The summed E-state index contributed by atoms with van der Waals surface area (Å²) in [5.41, 5.74) is 1.04. The lowest BCUT2D eigenvalue weighted by molar-refractivity contribution is -0.0589. The molecule has 0 aliphatic carbocycles. The van der Waals surface area contributed by atoms with Gasteiger partial charge in [0.2, 0.25) is 0 Å². The number of rotatable bonds is 3. The van der Waals surface area contributed by atoms with Crippen molar-refractivity contribution in [1.82, 2.24) is 4.90 Å². The molecule has 5 heteroatoms. The van der Waals surface area contributed by atoms with Crippen LogP contribution in [0.1, 0.15) is 42.6 Å². The van der Waals surface area contributed by atoms with Crippen molar-refractivity contribution in [3.05, 3.63) is 77.6 Å². The molecule has 0 radical (unpaired) electrons. The number of likely N-dealkylation sites (tertiary alicyclic amines) is 1. The number of aliphatic hydroxyl groups is 2. The van der Waals surface area contributed by atoms with Gasteiger partial charge < -0.3 is 19.8 Å². The normalized spacial score (nSPS) is 21.9. The van der Waals surface area contributed by atoms with Crippen LogP contribution in [0.25, 0.3) is 10.8 Å². The van der Waals surface area contributed by atoms with Gasteiger partial charge in [-0.25, -0.2) is 4.39 Å². The molecule has 0 bridgehead atoms. The standard InChI is InChI=1S/C25H26FNO3/c26-20-7-8-24-21(14-20)22(28)15-25(30-24)9-11-27(12-10-25)16-23(29)19-6-5-17-3-1-2-4-18(17)13-19/h1-8,13-14,22-23,28-29H,9-12,15-16H2/t22-,23-/m0/s1. The van der Waals surface area contributed by atoms with Crippen LogP contribution < -0.4 is 4.74 Å². The fraction of sp³-hybridized carbons (Fsp3) is 0.360. The van der Waals surface area contributed by atoms with Gasteiger partial charge in [0.05, 0.1) is 12.2 Å². The van der Waals surface area contributed by atoms with E-state index in [-0.39, 0.29) is 5.82 Å². The van der Waals surface area contributed by atoms with Crippen molar-refractivity contribution in [1.29, 1.82) is 0 Å². The molecule has 2 heterocycles. The van der Waals surface area contributed by atoms with Crippen molar-refractivity contribution in [2.45, 2.75) is 37.1 Å². The molecule has 1 spiro atoms. The van der Waals surface area contributed by atoms with E-state index < -0.39 is 17.8 Å². The van der Waals surface area contributed by atoms with E-state index in [1.165, 1.54) is 17.5 Å². The van der Waals surface area contributed by atoms with E-state index in [9.17, 15) is 14.6 Å². The molecule has 0 amide bonds. The van der Waals surface area contributed by atoms with Gasteiger partial charge in [-0.1, -0.05) is 36.4 Å². The zero-order chi connectivity index (χ0) is 20.7. The lowest BCUT2D eigenvalue weighted by Crippen LogP contribution is -2.51. The Labute approximate surface area is 175 Å². The summed E-state index contributed by atoms with van der Waals surface area (Å²) < 4.78 is 19.8. The van der Waals surface area contributed by atoms with Crippen LogP contribution in [0.15, 0.2) is 60.7 Å². The fourth-order valence-electron chi connectivity index (χ4n) is 4.82. The summed E-state index contributed by atoms with van der Waals surface area (Å²) in [6.45, 7) is 2.14.